The van der Waals surface area contributed by atoms with Crippen LogP contribution >= 0.6 is 0 Å². The third-order valence-corrected chi connectivity index (χ3v) is 6.20. The molecule has 0 aromatic heterocycles. The minimum atomic E-state index is -1.28. The van der Waals surface area contributed by atoms with Crippen molar-refractivity contribution in [3.05, 3.63) is 101 Å². The zero-order valence-electron chi connectivity index (χ0n) is 17.8. The predicted octanol–water partition coefficient (Wildman–Crippen LogP) is 5.01. The number of piperidine rings is 1. The molecule has 0 spiro atoms. The van der Waals surface area contributed by atoms with Crippen LogP contribution in [0.1, 0.15) is 41.5 Å². The fourth-order valence-corrected chi connectivity index (χ4v) is 4.50. The molecule has 0 aliphatic carbocycles. The summed E-state index contributed by atoms with van der Waals surface area (Å²) in [6.07, 6.45) is 4.97. The van der Waals surface area contributed by atoms with E-state index in [9.17, 15) is 5.11 Å². The molecule has 1 N–H and O–H groups in total. The number of rotatable bonds is 7. The number of hydrogen-bond donors (Lipinski definition) is 1. The molecular weight excluding hydrogens is 370 g/mol. The molecule has 3 aromatic carbocycles. The number of likely N-dealkylation sites (tertiary alicyclic amines) is 1. The summed E-state index contributed by atoms with van der Waals surface area (Å²) in [5.74, 6) is 0.723. The molecule has 3 nitrogen and oxygen atoms in total. The van der Waals surface area contributed by atoms with Crippen LogP contribution in [0, 0.1) is 0 Å². The molecule has 4 rings (SSSR count). The molecule has 1 heterocycles. The molecular formula is C27H31NO2. The maximum atomic E-state index is 12.1. The number of nitrogens with zero attached hydrogens (tertiary/aromatic N) is 1. The number of ether oxygens (including phenoxy) is 1. The molecule has 1 aliphatic heterocycles. The Balaban J connectivity index is 1.68. The molecule has 0 amide bonds. The highest BCUT2D eigenvalue weighted by atomic mass is 16.5. The predicted molar refractivity (Wildman–Crippen MR) is 122 cm³/mol. The van der Waals surface area contributed by atoms with Gasteiger partial charge in [-0.05, 0) is 55.1 Å². The van der Waals surface area contributed by atoms with E-state index in [1.54, 1.807) is 7.11 Å². The SMILES string of the molecule is COc1cc(CCN2CCCCC2)ccc1C(O)(c1ccccc1)c1ccccc1. The van der Waals surface area contributed by atoms with Gasteiger partial charge >= 0.3 is 0 Å². The second-order valence-electron chi connectivity index (χ2n) is 8.13. The summed E-state index contributed by atoms with van der Waals surface area (Å²) in [5, 5.41) is 12.1. The van der Waals surface area contributed by atoms with Gasteiger partial charge in [-0.1, -0.05) is 79.2 Å². The van der Waals surface area contributed by atoms with Crippen LogP contribution < -0.4 is 4.74 Å². The van der Waals surface area contributed by atoms with Gasteiger partial charge in [0.2, 0.25) is 0 Å². The Labute approximate surface area is 179 Å². The highest BCUT2D eigenvalue weighted by Gasteiger charge is 2.36. The minimum Gasteiger partial charge on any atom is -0.496 e. The largest absolute Gasteiger partial charge is 0.496 e. The Hall–Kier alpha value is -2.62. The van der Waals surface area contributed by atoms with Crippen LogP contribution in [0.3, 0.4) is 0 Å². The molecule has 30 heavy (non-hydrogen) atoms. The second-order valence-corrected chi connectivity index (χ2v) is 8.13. The number of aliphatic hydroxyl groups is 1. The van der Waals surface area contributed by atoms with Gasteiger partial charge in [0.25, 0.3) is 0 Å². The van der Waals surface area contributed by atoms with Crippen molar-refractivity contribution >= 4 is 0 Å². The molecule has 3 aromatic rings. The third kappa shape index (κ3) is 4.28. The average Bonchev–Trinajstić information content (AvgIpc) is 2.84. The van der Waals surface area contributed by atoms with Crippen LogP contribution in [0.2, 0.25) is 0 Å². The van der Waals surface area contributed by atoms with Gasteiger partial charge in [-0.3, -0.25) is 0 Å². The molecule has 156 valence electrons. The van der Waals surface area contributed by atoms with Crippen molar-refractivity contribution in [1.29, 1.82) is 0 Å². The molecule has 0 saturated carbocycles. The lowest BCUT2D eigenvalue weighted by atomic mass is 9.79. The smallest absolute Gasteiger partial charge is 0.144 e. The van der Waals surface area contributed by atoms with E-state index in [1.165, 1.54) is 37.9 Å². The first-order valence-corrected chi connectivity index (χ1v) is 10.9. The third-order valence-electron chi connectivity index (χ3n) is 6.20. The lowest BCUT2D eigenvalue weighted by Gasteiger charge is -2.32. The number of methoxy groups -OCH3 is 1. The van der Waals surface area contributed by atoms with Gasteiger partial charge in [0.1, 0.15) is 11.4 Å². The van der Waals surface area contributed by atoms with E-state index in [0.29, 0.717) is 0 Å². The first kappa shape index (κ1) is 20.6. The van der Waals surface area contributed by atoms with Gasteiger partial charge in [-0.2, -0.15) is 0 Å². The normalized spacial score (nSPS) is 15.1. The van der Waals surface area contributed by atoms with Gasteiger partial charge in [0, 0.05) is 12.1 Å². The van der Waals surface area contributed by atoms with Crippen molar-refractivity contribution in [2.45, 2.75) is 31.3 Å². The van der Waals surface area contributed by atoms with Gasteiger partial charge in [0.05, 0.1) is 7.11 Å². The van der Waals surface area contributed by atoms with E-state index in [2.05, 4.69) is 17.0 Å². The van der Waals surface area contributed by atoms with Crippen LogP contribution in [0.5, 0.6) is 5.75 Å². The molecule has 0 atom stereocenters. The second kappa shape index (κ2) is 9.46. The zero-order valence-corrected chi connectivity index (χ0v) is 17.8. The Kier molecular flexibility index (Phi) is 6.51. The molecule has 0 bridgehead atoms. The average molecular weight is 402 g/mol. The fraction of sp³-hybridized carbons (Fsp3) is 0.333. The van der Waals surface area contributed by atoms with Crippen LogP contribution in [0.4, 0.5) is 0 Å². The van der Waals surface area contributed by atoms with Crippen molar-refractivity contribution in [2.75, 3.05) is 26.7 Å². The first-order valence-electron chi connectivity index (χ1n) is 10.9. The van der Waals surface area contributed by atoms with E-state index >= 15 is 0 Å². The molecule has 1 fully saturated rings. The van der Waals surface area contributed by atoms with Crippen molar-refractivity contribution in [3.8, 4) is 5.75 Å². The Morgan fingerprint density at radius 3 is 2.00 bits per heavy atom. The van der Waals surface area contributed by atoms with E-state index in [1.807, 2.05) is 66.7 Å². The van der Waals surface area contributed by atoms with Crippen molar-refractivity contribution in [2.24, 2.45) is 0 Å². The van der Waals surface area contributed by atoms with E-state index < -0.39 is 5.60 Å². The van der Waals surface area contributed by atoms with Gasteiger partial charge in [-0.15, -0.1) is 0 Å². The van der Waals surface area contributed by atoms with Crippen molar-refractivity contribution < 1.29 is 9.84 Å². The first-order chi connectivity index (χ1) is 14.7. The summed E-state index contributed by atoms with van der Waals surface area (Å²) < 4.78 is 5.79. The molecule has 3 heteroatoms. The monoisotopic (exact) mass is 401 g/mol. The quantitative estimate of drug-likeness (QED) is 0.565. The van der Waals surface area contributed by atoms with Crippen molar-refractivity contribution in [3.63, 3.8) is 0 Å². The van der Waals surface area contributed by atoms with Crippen LogP contribution in [0.15, 0.2) is 78.9 Å². The van der Waals surface area contributed by atoms with Crippen LogP contribution in [0.25, 0.3) is 0 Å². The maximum Gasteiger partial charge on any atom is 0.144 e. The molecule has 1 aliphatic rings. The standard InChI is InChI=1S/C27H31NO2/c1-30-26-21-22(17-20-28-18-9-4-10-19-28)15-16-25(26)27(29,23-11-5-2-6-12-23)24-13-7-3-8-14-24/h2-3,5-8,11-16,21,29H,4,9-10,17-20H2,1H3. The number of hydrogen-bond acceptors (Lipinski definition) is 3. The highest BCUT2D eigenvalue weighted by Crippen LogP contribution is 2.41. The van der Waals surface area contributed by atoms with Crippen molar-refractivity contribution in [1.82, 2.24) is 4.90 Å². The van der Waals surface area contributed by atoms with Crippen LogP contribution in [-0.2, 0) is 12.0 Å². The summed E-state index contributed by atoms with van der Waals surface area (Å²) in [4.78, 5) is 2.55. The lowest BCUT2D eigenvalue weighted by Crippen LogP contribution is -2.31. The minimum absolute atomic E-state index is 0.723. The van der Waals surface area contributed by atoms with E-state index in [-0.39, 0.29) is 0 Å². The summed E-state index contributed by atoms with van der Waals surface area (Å²) in [6, 6.07) is 25.9. The molecule has 0 unspecified atom stereocenters. The van der Waals surface area contributed by atoms with Gasteiger partial charge < -0.3 is 14.7 Å². The molecule has 0 radical (unpaired) electrons. The summed E-state index contributed by atoms with van der Waals surface area (Å²) in [6.45, 7) is 3.48. The topological polar surface area (TPSA) is 32.7 Å². The Bertz CT molecular complexity index is 894. The summed E-state index contributed by atoms with van der Waals surface area (Å²) >= 11 is 0. The zero-order chi connectivity index (χ0) is 20.8. The summed E-state index contributed by atoms with van der Waals surface area (Å²) in [5.41, 5.74) is 2.39. The van der Waals surface area contributed by atoms with Gasteiger partial charge in [0.15, 0.2) is 0 Å². The summed E-state index contributed by atoms with van der Waals surface area (Å²) in [7, 11) is 1.68. The Morgan fingerprint density at radius 1 is 0.833 bits per heavy atom. The highest BCUT2D eigenvalue weighted by molar-refractivity contribution is 5.53. The number of benzene rings is 3. The van der Waals surface area contributed by atoms with E-state index in [0.717, 1.165) is 35.4 Å². The molecule has 1 saturated heterocycles. The van der Waals surface area contributed by atoms with Gasteiger partial charge in [-0.25, -0.2) is 0 Å². The fourth-order valence-electron chi connectivity index (χ4n) is 4.50. The van der Waals surface area contributed by atoms with Crippen LogP contribution in [-0.4, -0.2) is 36.8 Å². The van der Waals surface area contributed by atoms with E-state index in [4.69, 9.17) is 4.74 Å². The Morgan fingerprint density at radius 2 is 1.43 bits per heavy atom. The maximum absolute atomic E-state index is 12.1. The lowest BCUT2D eigenvalue weighted by molar-refractivity contribution is 0.122.